The number of aromatic nitrogens is 2. The van der Waals surface area contributed by atoms with E-state index in [4.69, 9.17) is 11.6 Å². The predicted molar refractivity (Wildman–Crippen MR) is 76.8 cm³/mol. The summed E-state index contributed by atoms with van der Waals surface area (Å²) in [5.74, 6) is 0. The molecule has 0 aromatic carbocycles. The topological polar surface area (TPSA) is 76.0 Å². The second-order valence-corrected chi connectivity index (χ2v) is 6.57. The molecule has 0 amide bonds. The van der Waals surface area contributed by atoms with Crippen molar-refractivity contribution in [1.82, 2.24) is 19.8 Å². The van der Waals surface area contributed by atoms with Crippen LogP contribution in [0.5, 0.6) is 0 Å². The average Bonchev–Trinajstić information content (AvgIpc) is 2.59. The molecule has 0 aliphatic rings. The maximum absolute atomic E-state index is 10.9. The van der Waals surface area contributed by atoms with Crippen LogP contribution in [-0.2, 0) is 23.1 Å². The molecule has 0 aliphatic heterocycles. The molecule has 0 saturated heterocycles. The van der Waals surface area contributed by atoms with Crippen molar-refractivity contribution in [2.45, 2.75) is 33.4 Å². The number of aryl methyl sites for hydroxylation is 2. The van der Waals surface area contributed by atoms with Gasteiger partial charge in [-0.3, -0.25) is 4.68 Å². The van der Waals surface area contributed by atoms with Crippen LogP contribution < -0.4 is 10.0 Å². The Bertz CT molecular complexity index is 513. The van der Waals surface area contributed by atoms with Gasteiger partial charge in [0.2, 0.25) is 10.0 Å². The fraction of sp³-hybridized carbons (Fsp3) is 0.727. The van der Waals surface area contributed by atoms with Gasteiger partial charge < -0.3 is 5.32 Å². The summed E-state index contributed by atoms with van der Waals surface area (Å²) in [6.07, 6.45) is 1.88. The van der Waals surface area contributed by atoms with Gasteiger partial charge in [-0.1, -0.05) is 11.6 Å². The fourth-order valence-corrected chi connectivity index (χ4v) is 2.43. The second kappa shape index (κ2) is 7.23. The first kappa shape index (κ1) is 16.4. The summed E-state index contributed by atoms with van der Waals surface area (Å²) in [5.41, 5.74) is 1.80. The number of halogens is 1. The molecular formula is C11H21ClN4O2S. The molecule has 1 aromatic heterocycles. The average molecular weight is 309 g/mol. The third-order valence-electron chi connectivity index (χ3n) is 2.64. The Balaban J connectivity index is 2.34. The standard InChI is InChI=1S/C11H21ClN4O2S/c1-4-16-10(11(12)9(2)15-16)8-13-6-5-7-14-19(3,17)18/h13-14H,4-8H2,1-3H3. The summed E-state index contributed by atoms with van der Waals surface area (Å²) in [4.78, 5) is 0. The summed E-state index contributed by atoms with van der Waals surface area (Å²) in [6.45, 7) is 6.46. The highest BCUT2D eigenvalue weighted by atomic mass is 35.5. The highest BCUT2D eigenvalue weighted by Gasteiger charge is 2.11. The van der Waals surface area contributed by atoms with E-state index in [-0.39, 0.29) is 0 Å². The smallest absolute Gasteiger partial charge is 0.208 e. The first-order valence-corrected chi connectivity index (χ1v) is 8.49. The minimum absolute atomic E-state index is 0.436. The van der Waals surface area contributed by atoms with Crippen LogP contribution in [0, 0.1) is 6.92 Å². The molecule has 0 unspecified atom stereocenters. The predicted octanol–water partition coefficient (Wildman–Crippen LogP) is 0.894. The minimum Gasteiger partial charge on any atom is -0.311 e. The van der Waals surface area contributed by atoms with E-state index in [0.717, 1.165) is 30.6 Å². The van der Waals surface area contributed by atoms with Crippen molar-refractivity contribution < 1.29 is 8.42 Å². The minimum atomic E-state index is -3.09. The SMILES string of the molecule is CCn1nc(C)c(Cl)c1CNCCCNS(C)(=O)=O. The van der Waals surface area contributed by atoms with Crippen LogP contribution in [0.15, 0.2) is 0 Å². The van der Waals surface area contributed by atoms with E-state index in [9.17, 15) is 8.42 Å². The Kier molecular flexibility index (Phi) is 6.25. The third kappa shape index (κ3) is 5.48. The van der Waals surface area contributed by atoms with E-state index in [2.05, 4.69) is 15.1 Å². The van der Waals surface area contributed by atoms with E-state index in [1.807, 2.05) is 18.5 Å². The normalized spacial score (nSPS) is 12.0. The molecule has 0 fully saturated rings. The molecule has 1 heterocycles. The molecule has 0 aliphatic carbocycles. The van der Waals surface area contributed by atoms with Gasteiger partial charge in [0, 0.05) is 19.6 Å². The van der Waals surface area contributed by atoms with Crippen molar-refractivity contribution in [3.05, 3.63) is 16.4 Å². The highest BCUT2D eigenvalue weighted by molar-refractivity contribution is 7.88. The Morgan fingerprint density at radius 3 is 2.63 bits per heavy atom. The summed E-state index contributed by atoms with van der Waals surface area (Å²) in [6, 6.07) is 0. The Labute approximate surface area is 119 Å². The van der Waals surface area contributed by atoms with Gasteiger partial charge >= 0.3 is 0 Å². The number of nitrogens with zero attached hydrogens (tertiary/aromatic N) is 2. The van der Waals surface area contributed by atoms with Gasteiger partial charge in [0.1, 0.15) is 0 Å². The molecule has 0 spiro atoms. The van der Waals surface area contributed by atoms with Crippen LogP contribution in [-0.4, -0.2) is 37.5 Å². The molecule has 19 heavy (non-hydrogen) atoms. The van der Waals surface area contributed by atoms with E-state index < -0.39 is 10.0 Å². The summed E-state index contributed by atoms with van der Waals surface area (Å²) >= 11 is 6.18. The van der Waals surface area contributed by atoms with Crippen LogP contribution in [0.1, 0.15) is 24.7 Å². The zero-order valence-corrected chi connectivity index (χ0v) is 13.1. The maximum atomic E-state index is 10.9. The quantitative estimate of drug-likeness (QED) is 0.700. The van der Waals surface area contributed by atoms with Crippen molar-refractivity contribution in [3.63, 3.8) is 0 Å². The molecule has 0 bridgehead atoms. The Morgan fingerprint density at radius 1 is 1.37 bits per heavy atom. The Hall–Kier alpha value is -0.630. The molecule has 8 heteroatoms. The molecule has 110 valence electrons. The van der Waals surface area contributed by atoms with Crippen molar-refractivity contribution in [2.24, 2.45) is 0 Å². The second-order valence-electron chi connectivity index (χ2n) is 4.36. The summed E-state index contributed by atoms with van der Waals surface area (Å²) in [7, 11) is -3.09. The van der Waals surface area contributed by atoms with Gasteiger partial charge in [-0.05, 0) is 26.8 Å². The van der Waals surface area contributed by atoms with Gasteiger partial charge in [0.05, 0.1) is 22.7 Å². The van der Waals surface area contributed by atoms with Crippen molar-refractivity contribution >= 4 is 21.6 Å². The number of sulfonamides is 1. The van der Waals surface area contributed by atoms with E-state index in [0.29, 0.717) is 24.7 Å². The zero-order valence-electron chi connectivity index (χ0n) is 11.5. The van der Waals surface area contributed by atoms with Gasteiger partial charge in [0.25, 0.3) is 0 Å². The third-order valence-corrected chi connectivity index (χ3v) is 3.86. The largest absolute Gasteiger partial charge is 0.311 e. The van der Waals surface area contributed by atoms with Gasteiger partial charge in [0.15, 0.2) is 0 Å². The molecule has 0 radical (unpaired) electrons. The lowest BCUT2D eigenvalue weighted by atomic mass is 10.3. The summed E-state index contributed by atoms with van der Waals surface area (Å²) < 4.78 is 26.0. The van der Waals surface area contributed by atoms with E-state index in [1.54, 1.807) is 0 Å². The number of rotatable bonds is 8. The molecule has 0 atom stereocenters. The molecule has 1 aromatic rings. The van der Waals surface area contributed by atoms with Crippen LogP contribution in [0.25, 0.3) is 0 Å². The highest BCUT2D eigenvalue weighted by Crippen LogP contribution is 2.19. The number of hydrogen-bond acceptors (Lipinski definition) is 4. The van der Waals surface area contributed by atoms with E-state index in [1.165, 1.54) is 0 Å². The van der Waals surface area contributed by atoms with Crippen LogP contribution in [0.2, 0.25) is 5.02 Å². The molecule has 1 rings (SSSR count). The van der Waals surface area contributed by atoms with Gasteiger partial charge in [-0.25, -0.2) is 13.1 Å². The molecule has 2 N–H and O–H groups in total. The first-order valence-electron chi connectivity index (χ1n) is 6.22. The maximum Gasteiger partial charge on any atom is 0.208 e. The molecule has 0 saturated carbocycles. The lowest BCUT2D eigenvalue weighted by Gasteiger charge is -2.07. The van der Waals surface area contributed by atoms with E-state index >= 15 is 0 Å². The molecular weight excluding hydrogens is 288 g/mol. The van der Waals surface area contributed by atoms with Crippen LogP contribution in [0.4, 0.5) is 0 Å². The first-order chi connectivity index (χ1) is 8.85. The molecule has 6 nitrogen and oxygen atoms in total. The van der Waals surface area contributed by atoms with Crippen molar-refractivity contribution in [1.29, 1.82) is 0 Å². The number of hydrogen-bond donors (Lipinski definition) is 2. The zero-order chi connectivity index (χ0) is 14.5. The monoisotopic (exact) mass is 308 g/mol. The fourth-order valence-electron chi connectivity index (χ4n) is 1.72. The van der Waals surface area contributed by atoms with Crippen molar-refractivity contribution in [3.8, 4) is 0 Å². The lowest BCUT2D eigenvalue weighted by Crippen LogP contribution is -2.26. The van der Waals surface area contributed by atoms with Crippen LogP contribution >= 0.6 is 11.6 Å². The Morgan fingerprint density at radius 2 is 2.05 bits per heavy atom. The number of nitrogens with one attached hydrogen (secondary N) is 2. The summed E-state index contributed by atoms with van der Waals surface area (Å²) in [5, 5.41) is 8.26. The van der Waals surface area contributed by atoms with Gasteiger partial charge in [-0.15, -0.1) is 0 Å². The van der Waals surface area contributed by atoms with Gasteiger partial charge in [-0.2, -0.15) is 5.10 Å². The van der Waals surface area contributed by atoms with Crippen LogP contribution in [0.3, 0.4) is 0 Å². The van der Waals surface area contributed by atoms with Crippen molar-refractivity contribution in [2.75, 3.05) is 19.3 Å². The lowest BCUT2D eigenvalue weighted by molar-refractivity contribution is 0.562.